The van der Waals surface area contributed by atoms with E-state index in [9.17, 15) is 13.2 Å². The van der Waals surface area contributed by atoms with Crippen LogP contribution in [0, 0.1) is 0 Å². The first kappa shape index (κ1) is 14.0. The molecule has 1 aromatic carbocycles. The van der Waals surface area contributed by atoms with Gasteiger partial charge in [-0.3, -0.25) is 9.98 Å². The highest BCUT2D eigenvalue weighted by molar-refractivity contribution is 5.99. The molecule has 0 bridgehead atoms. The van der Waals surface area contributed by atoms with Crippen LogP contribution in [0.4, 0.5) is 18.9 Å². The molecule has 0 amide bonds. The Morgan fingerprint density at radius 1 is 1.20 bits per heavy atom. The minimum absolute atomic E-state index is 0.294. The second kappa shape index (κ2) is 5.73. The van der Waals surface area contributed by atoms with Gasteiger partial charge in [0.15, 0.2) is 0 Å². The van der Waals surface area contributed by atoms with Crippen LogP contribution in [-0.4, -0.2) is 17.1 Å². The van der Waals surface area contributed by atoms with Gasteiger partial charge >= 0.3 is 6.36 Å². The summed E-state index contributed by atoms with van der Waals surface area (Å²) >= 11 is 0. The van der Waals surface area contributed by atoms with Crippen LogP contribution in [-0.2, 0) is 0 Å². The summed E-state index contributed by atoms with van der Waals surface area (Å²) in [5.41, 5.74) is 1.84. The molecule has 104 valence electrons. The first-order valence-corrected chi connectivity index (χ1v) is 5.75. The molecule has 6 heteroatoms. The van der Waals surface area contributed by atoms with Crippen molar-refractivity contribution in [1.82, 2.24) is 4.98 Å². The average molecular weight is 280 g/mol. The van der Waals surface area contributed by atoms with E-state index in [0.717, 1.165) is 5.56 Å². The fourth-order valence-corrected chi connectivity index (χ4v) is 1.59. The normalized spacial score (nSPS) is 12.3. The van der Waals surface area contributed by atoms with Gasteiger partial charge in [-0.15, -0.1) is 13.2 Å². The smallest absolute Gasteiger partial charge is 0.406 e. The summed E-state index contributed by atoms with van der Waals surface area (Å²) in [5.74, 6) is -0.294. The molecule has 2 aromatic rings. The van der Waals surface area contributed by atoms with Crippen LogP contribution in [0.1, 0.15) is 12.5 Å². The fourth-order valence-electron chi connectivity index (χ4n) is 1.59. The standard InChI is InChI=1S/C14H11F3N2O/c1-10(11-4-3-7-18-9-11)19-12-5-2-6-13(8-12)20-14(15,16)17/h2-9H,1H3/b19-10+. The van der Waals surface area contributed by atoms with Crippen LogP contribution in [0.25, 0.3) is 0 Å². The van der Waals surface area contributed by atoms with Gasteiger partial charge < -0.3 is 4.74 Å². The van der Waals surface area contributed by atoms with Crippen LogP contribution in [0.3, 0.4) is 0 Å². The predicted octanol–water partition coefficient (Wildman–Crippen LogP) is 4.12. The molecule has 0 aliphatic rings. The molecule has 0 aliphatic carbocycles. The van der Waals surface area contributed by atoms with Crippen LogP contribution in [0.15, 0.2) is 53.8 Å². The Hall–Kier alpha value is -2.37. The van der Waals surface area contributed by atoms with Crippen LogP contribution < -0.4 is 4.74 Å². The van der Waals surface area contributed by atoms with Crippen molar-refractivity contribution in [2.45, 2.75) is 13.3 Å². The fraction of sp³-hybridized carbons (Fsp3) is 0.143. The highest BCUT2D eigenvalue weighted by Crippen LogP contribution is 2.26. The highest BCUT2D eigenvalue weighted by Gasteiger charge is 2.31. The van der Waals surface area contributed by atoms with Gasteiger partial charge in [-0.05, 0) is 25.1 Å². The molecular weight excluding hydrogens is 269 g/mol. The molecule has 0 fully saturated rings. The lowest BCUT2D eigenvalue weighted by Crippen LogP contribution is -2.16. The van der Waals surface area contributed by atoms with Gasteiger partial charge in [0, 0.05) is 29.7 Å². The Balaban J connectivity index is 2.24. The molecule has 0 unspecified atom stereocenters. The summed E-state index contributed by atoms with van der Waals surface area (Å²) in [5, 5.41) is 0. The number of aromatic nitrogens is 1. The van der Waals surface area contributed by atoms with Gasteiger partial charge in [0.05, 0.1) is 5.69 Å². The van der Waals surface area contributed by atoms with E-state index >= 15 is 0 Å². The van der Waals surface area contributed by atoms with Crippen molar-refractivity contribution < 1.29 is 17.9 Å². The second-order valence-electron chi connectivity index (χ2n) is 3.98. The number of pyridine rings is 1. The number of rotatable bonds is 3. The number of aliphatic imine (C=N–C) groups is 1. The van der Waals surface area contributed by atoms with E-state index in [4.69, 9.17) is 0 Å². The lowest BCUT2D eigenvalue weighted by molar-refractivity contribution is -0.274. The molecule has 0 aliphatic heterocycles. The van der Waals surface area contributed by atoms with Crippen molar-refractivity contribution in [3.05, 3.63) is 54.4 Å². The zero-order valence-corrected chi connectivity index (χ0v) is 10.6. The van der Waals surface area contributed by atoms with E-state index in [0.29, 0.717) is 11.4 Å². The minimum atomic E-state index is -4.71. The summed E-state index contributed by atoms with van der Waals surface area (Å²) in [7, 11) is 0. The molecule has 0 N–H and O–H groups in total. The third-order valence-corrected chi connectivity index (χ3v) is 2.43. The van der Waals surface area contributed by atoms with E-state index in [1.807, 2.05) is 6.07 Å². The molecule has 1 aromatic heterocycles. The number of halogens is 3. The summed E-state index contributed by atoms with van der Waals surface area (Å²) in [6.45, 7) is 1.76. The van der Waals surface area contributed by atoms with Crippen LogP contribution >= 0.6 is 0 Å². The largest absolute Gasteiger partial charge is 0.573 e. The monoisotopic (exact) mass is 280 g/mol. The summed E-state index contributed by atoms with van der Waals surface area (Å²) in [6, 6.07) is 9.10. The van der Waals surface area contributed by atoms with Crippen molar-refractivity contribution in [1.29, 1.82) is 0 Å². The lowest BCUT2D eigenvalue weighted by atomic mass is 10.2. The summed E-state index contributed by atoms with van der Waals surface area (Å²) in [6.07, 6.45) is -1.44. The van der Waals surface area contributed by atoms with Crippen molar-refractivity contribution >= 4 is 11.4 Å². The van der Waals surface area contributed by atoms with E-state index < -0.39 is 6.36 Å². The molecule has 2 rings (SSSR count). The van der Waals surface area contributed by atoms with Gasteiger partial charge in [0.1, 0.15) is 5.75 Å². The third kappa shape index (κ3) is 4.08. The summed E-state index contributed by atoms with van der Waals surface area (Å²) in [4.78, 5) is 8.21. The molecule has 0 atom stereocenters. The van der Waals surface area contributed by atoms with Crippen molar-refractivity contribution in [3.63, 3.8) is 0 Å². The number of ether oxygens (including phenoxy) is 1. The number of hydrogen-bond acceptors (Lipinski definition) is 3. The molecule has 0 saturated carbocycles. The third-order valence-electron chi connectivity index (χ3n) is 2.43. The van der Waals surface area contributed by atoms with Crippen LogP contribution in [0.5, 0.6) is 5.75 Å². The zero-order valence-electron chi connectivity index (χ0n) is 10.6. The van der Waals surface area contributed by atoms with Crippen molar-refractivity contribution in [2.75, 3.05) is 0 Å². The first-order valence-electron chi connectivity index (χ1n) is 5.75. The van der Waals surface area contributed by atoms with Gasteiger partial charge in [0.2, 0.25) is 0 Å². The molecule has 20 heavy (non-hydrogen) atoms. The Bertz CT molecular complexity index is 609. The Morgan fingerprint density at radius 2 is 2.00 bits per heavy atom. The molecule has 1 heterocycles. The molecule has 0 spiro atoms. The van der Waals surface area contributed by atoms with E-state index in [-0.39, 0.29) is 5.75 Å². The zero-order chi connectivity index (χ0) is 14.6. The average Bonchev–Trinajstić information content (AvgIpc) is 2.38. The summed E-state index contributed by atoms with van der Waals surface area (Å²) < 4.78 is 40.3. The number of nitrogens with zero attached hydrogens (tertiary/aromatic N) is 2. The van der Waals surface area contributed by atoms with Crippen molar-refractivity contribution in [2.24, 2.45) is 4.99 Å². The van der Waals surface area contributed by atoms with Gasteiger partial charge in [0.25, 0.3) is 0 Å². The van der Waals surface area contributed by atoms with E-state index in [1.165, 1.54) is 18.2 Å². The number of hydrogen-bond donors (Lipinski definition) is 0. The van der Waals surface area contributed by atoms with Gasteiger partial charge in [-0.2, -0.15) is 0 Å². The molecule has 0 radical (unpaired) electrons. The lowest BCUT2D eigenvalue weighted by Gasteiger charge is -2.09. The van der Waals surface area contributed by atoms with E-state index in [1.54, 1.807) is 31.5 Å². The van der Waals surface area contributed by atoms with Crippen LogP contribution in [0.2, 0.25) is 0 Å². The predicted molar refractivity (Wildman–Crippen MR) is 69.2 cm³/mol. The molecule has 0 saturated heterocycles. The molecule has 3 nitrogen and oxygen atoms in total. The van der Waals surface area contributed by atoms with Gasteiger partial charge in [-0.1, -0.05) is 12.1 Å². The topological polar surface area (TPSA) is 34.5 Å². The van der Waals surface area contributed by atoms with Crippen molar-refractivity contribution in [3.8, 4) is 5.75 Å². The number of alkyl halides is 3. The maximum absolute atomic E-state index is 12.1. The first-order chi connectivity index (χ1) is 9.44. The second-order valence-corrected chi connectivity index (χ2v) is 3.98. The maximum Gasteiger partial charge on any atom is 0.573 e. The SMILES string of the molecule is C/C(=N\c1cccc(OC(F)(F)F)c1)c1cccnc1. The number of benzene rings is 1. The quantitative estimate of drug-likeness (QED) is 0.792. The Labute approximate surface area is 113 Å². The van der Waals surface area contributed by atoms with E-state index in [2.05, 4.69) is 14.7 Å². The van der Waals surface area contributed by atoms with Gasteiger partial charge in [-0.25, -0.2) is 0 Å². The minimum Gasteiger partial charge on any atom is -0.406 e. The Kier molecular flexibility index (Phi) is 4.02. The molecular formula is C14H11F3N2O. The highest BCUT2D eigenvalue weighted by atomic mass is 19.4. The Morgan fingerprint density at radius 3 is 2.65 bits per heavy atom. The maximum atomic E-state index is 12.1.